The van der Waals surface area contributed by atoms with Gasteiger partial charge in [-0.1, -0.05) is 0 Å². The molecular formula is C12H26N2O3S. The molecule has 0 amide bonds. The van der Waals surface area contributed by atoms with Gasteiger partial charge in [0.25, 0.3) is 0 Å². The minimum absolute atomic E-state index is 0.0880. The van der Waals surface area contributed by atoms with Gasteiger partial charge in [0.15, 0.2) is 0 Å². The first-order valence-corrected chi connectivity index (χ1v) is 8.25. The normalized spacial score (nSPS) is 21.1. The Morgan fingerprint density at radius 1 is 1.39 bits per heavy atom. The molecule has 6 heteroatoms. The molecule has 1 aliphatic heterocycles. The lowest BCUT2D eigenvalue weighted by atomic mass is 9.95. The smallest absolute Gasteiger partial charge is 0.216 e. The van der Waals surface area contributed by atoms with Gasteiger partial charge in [0, 0.05) is 20.2 Å². The van der Waals surface area contributed by atoms with E-state index in [4.69, 9.17) is 4.74 Å². The minimum Gasteiger partial charge on any atom is -0.381 e. The number of ether oxygens (including phenoxy) is 1. The summed E-state index contributed by atoms with van der Waals surface area (Å²) < 4.78 is 30.9. The molecule has 1 N–H and O–H groups in total. The number of sulfonamides is 1. The molecule has 1 fully saturated rings. The van der Waals surface area contributed by atoms with Crippen molar-refractivity contribution in [1.82, 2.24) is 9.62 Å². The van der Waals surface area contributed by atoms with E-state index in [1.165, 1.54) is 0 Å². The van der Waals surface area contributed by atoms with Crippen LogP contribution in [-0.4, -0.2) is 58.4 Å². The monoisotopic (exact) mass is 278 g/mol. The van der Waals surface area contributed by atoms with Crippen molar-refractivity contribution in [2.75, 3.05) is 39.5 Å². The summed E-state index contributed by atoms with van der Waals surface area (Å²) in [4.78, 5) is 0. The highest BCUT2D eigenvalue weighted by Crippen LogP contribution is 2.22. The quantitative estimate of drug-likeness (QED) is 0.744. The highest BCUT2D eigenvalue weighted by atomic mass is 32.2. The van der Waals surface area contributed by atoms with Crippen LogP contribution >= 0.6 is 0 Å². The van der Waals surface area contributed by atoms with Crippen molar-refractivity contribution in [3.05, 3.63) is 0 Å². The molecular weight excluding hydrogens is 252 g/mol. The van der Waals surface area contributed by atoms with E-state index >= 15 is 0 Å². The second-order valence-corrected chi connectivity index (χ2v) is 7.07. The lowest BCUT2D eigenvalue weighted by Crippen LogP contribution is -2.42. The average molecular weight is 278 g/mol. The standard InChI is InChI=1S/C12H26N2O3S/c1-11(17-3)10-18(15,16)14-8-5-12(6-9-14)4-7-13-2/h11-13H,4-10H2,1-3H3. The van der Waals surface area contributed by atoms with Gasteiger partial charge in [-0.2, -0.15) is 0 Å². The summed E-state index contributed by atoms with van der Waals surface area (Å²) in [5, 5.41) is 3.14. The molecule has 0 aliphatic carbocycles. The first-order valence-electron chi connectivity index (χ1n) is 6.64. The molecule has 0 saturated carbocycles. The Labute approximate surface area is 111 Å². The van der Waals surface area contributed by atoms with Crippen molar-refractivity contribution < 1.29 is 13.2 Å². The number of rotatable bonds is 7. The first-order chi connectivity index (χ1) is 8.49. The van der Waals surface area contributed by atoms with Gasteiger partial charge >= 0.3 is 0 Å². The van der Waals surface area contributed by atoms with E-state index in [1.807, 2.05) is 7.05 Å². The molecule has 0 spiro atoms. The Kier molecular flexibility index (Phi) is 6.55. The van der Waals surface area contributed by atoms with Crippen molar-refractivity contribution in [2.45, 2.75) is 32.3 Å². The number of hydrogen-bond donors (Lipinski definition) is 1. The lowest BCUT2D eigenvalue weighted by Gasteiger charge is -2.31. The summed E-state index contributed by atoms with van der Waals surface area (Å²) >= 11 is 0. The van der Waals surface area contributed by atoms with E-state index in [0.29, 0.717) is 19.0 Å². The molecule has 0 bridgehead atoms. The molecule has 1 atom stereocenters. The van der Waals surface area contributed by atoms with Crippen LogP contribution in [0.3, 0.4) is 0 Å². The molecule has 108 valence electrons. The molecule has 1 unspecified atom stereocenters. The zero-order valence-corrected chi connectivity index (χ0v) is 12.5. The molecule has 0 aromatic rings. The van der Waals surface area contributed by atoms with Gasteiger partial charge in [-0.25, -0.2) is 12.7 Å². The third kappa shape index (κ3) is 4.84. The second-order valence-electron chi connectivity index (χ2n) is 5.06. The number of hydrogen-bond acceptors (Lipinski definition) is 4. The maximum absolute atomic E-state index is 12.1. The van der Waals surface area contributed by atoms with Crippen molar-refractivity contribution >= 4 is 10.0 Å². The molecule has 1 rings (SSSR count). The Morgan fingerprint density at radius 2 is 2.00 bits per heavy atom. The van der Waals surface area contributed by atoms with Crippen LogP contribution in [-0.2, 0) is 14.8 Å². The summed E-state index contributed by atoms with van der Waals surface area (Å²) in [5.41, 5.74) is 0. The van der Waals surface area contributed by atoms with Crippen LogP contribution in [0, 0.1) is 5.92 Å². The van der Waals surface area contributed by atoms with E-state index in [-0.39, 0.29) is 11.9 Å². The Hall–Kier alpha value is -0.170. The van der Waals surface area contributed by atoms with Gasteiger partial charge in [0.2, 0.25) is 10.0 Å². The Balaban J connectivity index is 2.42. The largest absolute Gasteiger partial charge is 0.381 e. The molecule has 1 heterocycles. The summed E-state index contributed by atoms with van der Waals surface area (Å²) in [6, 6.07) is 0. The number of nitrogens with zero attached hydrogens (tertiary/aromatic N) is 1. The van der Waals surface area contributed by atoms with Crippen LogP contribution in [0.1, 0.15) is 26.2 Å². The van der Waals surface area contributed by atoms with Crippen molar-refractivity contribution in [3.63, 3.8) is 0 Å². The molecule has 1 aliphatic rings. The van der Waals surface area contributed by atoms with Crippen LogP contribution in [0.2, 0.25) is 0 Å². The number of piperidine rings is 1. The van der Waals surface area contributed by atoms with Gasteiger partial charge in [-0.05, 0) is 45.7 Å². The zero-order chi connectivity index (χ0) is 13.6. The summed E-state index contributed by atoms with van der Waals surface area (Å²) in [6.45, 7) is 4.12. The van der Waals surface area contributed by atoms with Crippen LogP contribution in [0.4, 0.5) is 0 Å². The molecule has 0 aromatic heterocycles. The number of methoxy groups -OCH3 is 1. The zero-order valence-electron chi connectivity index (χ0n) is 11.7. The van der Waals surface area contributed by atoms with Crippen LogP contribution in [0.25, 0.3) is 0 Å². The van der Waals surface area contributed by atoms with E-state index in [0.717, 1.165) is 25.8 Å². The van der Waals surface area contributed by atoms with E-state index in [1.54, 1.807) is 18.3 Å². The molecule has 5 nitrogen and oxygen atoms in total. The van der Waals surface area contributed by atoms with Crippen LogP contribution in [0.15, 0.2) is 0 Å². The third-order valence-electron chi connectivity index (χ3n) is 3.62. The van der Waals surface area contributed by atoms with Crippen molar-refractivity contribution in [3.8, 4) is 0 Å². The Bertz CT molecular complexity index is 324. The summed E-state index contributed by atoms with van der Waals surface area (Å²) in [7, 11) is 0.350. The summed E-state index contributed by atoms with van der Waals surface area (Å²) in [5.74, 6) is 0.744. The molecule has 18 heavy (non-hydrogen) atoms. The van der Waals surface area contributed by atoms with Gasteiger partial charge in [0.05, 0.1) is 11.9 Å². The van der Waals surface area contributed by atoms with Crippen molar-refractivity contribution in [2.24, 2.45) is 5.92 Å². The van der Waals surface area contributed by atoms with Crippen molar-refractivity contribution in [1.29, 1.82) is 0 Å². The SMILES string of the molecule is CNCCC1CCN(S(=O)(=O)CC(C)OC)CC1. The third-order valence-corrected chi connectivity index (χ3v) is 5.66. The van der Waals surface area contributed by atoms with E-state index < -0.39 is 10.0 Å². The van der Waals surface area contributed by atoms with Gasteiger partial charge in [-0.15, -0.1) is 0 Å². The number of nitrogens with one attached hydrogen (secondary N) is 1. The topological polar surface area (TPSA) is 58.6 Å². The van der Waals surface area contributed by atoms with Crippen LogP contribution < -0.4 is 5.32 Å². The lowest BCUT2D eigenvalue weighted by molar-refractivity contribution is 0.134. The van der Waals surface area contributed by atoms with Gasteiger partial charge in [0.1, 0.15) is 0 Å². The minimum atomic E-state index is -3.15. The maximum atomic E-state index is 12.1. The highest BCUT2D eigenvalue weighted by molar-refractivity contribution is 7.89. The predicted octanol–water partition coefficient (Wildman–Crippen LogP) is 0.673. The Morgan fingerprint density at radius 3 is 2.50 bits per heavy atom. The first kappa shape index (κ1) is 15.9. The molecule has 0 aromatic carbocycles. The van der Waals surface area contributed by atoms with E-state index in [9.17, 15) is 8.42 Å². The highest BCUT2D eigenvalue weighted by Gasteiger charge is 2.28. The fraction of sp³-hybridized carbons (Fsp3) is 1.00. The van der Waals surface area contributed by atoms with E-state index in [2.05, 4.69) is 5.32 Å². The summed E-state index contributed by atoms with van der Waals surface area (Å²) in [6.07, 6.45) is 2.85. The fourth-order valence-electron chi connectivity index (χ4n) is 2.29. The van der Waals surface area contributed by atoms with Crippen LogP contribution in [0.5, 0.6) is 0 Å². The molecule has 1 saturated heterocycles. The fourth-order valence-corrected chi connectivity index (χ4v) is 4.00. The maximum Gasteiger partial charge on any atom is 0.216 e. The predicted molar refractivity (Wildman–Crippen MR) is 73.1 cm³/mol. The van der Waals surface area contributed by atoms with Gasteiger partial charge < -0.3 is 10.1 Å². The average Bonchev–Trinajstić information content (AvgIpc) is 2.36. The second kappa shape index (κ2) is 7.43. The molecule has 0 radical (unpaired) electrons. The van der Waals surface area contributed by atoms with Gasteiger partial charge in [-0.3, -0.25) is 0 Å².